The first-order chi connectivity index (χ1) is 7.33. The van der Waals surface area contributed by atoms with E-state index >= 15 is 0 Å². The molecule has 0 unspecified atom stereocenters. The van der Waals surface area contributed by atoms with Crippen LogP contribution in [-0.4, -0.2) is 50.8 Å². The summed E-state index contributed by atoms with van der Waals surface area (Å²) in [5.74, 6) is 0. The van der Waals surface area contributed by atoms with Crippen molar-refractivity contribution >= 4 is 0 Å². The fourth-order valence-corrected chi connectivity index (χ4v) is 1.54. The highest BCUT2D eigenvalue weighted by Gasteiger charge is 2.19. The van der Waals surface area contributed by atoms with Crippen molar-refractivity contribution in [3.63, 3.8) is 0 Å². The molecule has 0 spiro atoms. The smallest absolute Gasteiger partial charge is 0.0478 e. The van der Waals surface area contributed by atoms with E-state index in [4.69, 9.17) is 4.74 Å². The van der Waals surface area contributed by atoms with E-state index in [1.165, 1.54) is 12.8 Å². The highest BCUT2D eigenvalue weighted by Crippen LogP contribution is 2.17. The summed E-state index contributed by atoms with van der Waals surface area (Å²) in [6.45, 7) is 7.41. The molecule has 0 bridgehead atoms. The normalized spacial score (nSPS) is 16.2. The Labute approximate surface area is 94.2 Å². The molecule has 1 rings (SSSR count). The molecule has 0 aromatic rings. The van der Waals surface area contributed by atoms with Gasteiger partial charge in [-0.15, -0.1) is 0 Å². The van der Waals surface area contributed by atoms with Crippen molar-refractivity contribution in [2.75, 3.05) is 39.9 Å². The number of rotatable bonds is 10. The number of nitrogens with zero attached hydrogens (tertiary/aromatic N) is 1. The molecule has 1 aliphatic rings. The molecule has 0 aromatic carbocycles. The monoisotopic (exact) mass is 214 g/mol. The van der Waals surface area contributed by atoms with Gasteiger partial charge in [-0.25, -0.2) is 0 Å². The van der Waals surface area contributed by atoms with E-state index < -0.39 is 0 Å². The molecule has 0 atom stereocenters. The quantitative estimate of drug-likeness (QED) is 0.558. The van der Waals surface area contributed by atoms with E-state index in [0.717, 1.165) is 51.7 Å². The second-order valence-corrected chi connectivity index (χ2v) is 4.50. The van der Waals surface area contributed by atoms with Crippen LogP contribution >= 0.6 is 0 Å². The maximum atomic E-state index is 5.44. The Hall–Kier alpha value is -0.120. The van der Waals surface area contributed by atoms with Crippen LogP contribution in [0.2, 0.25) is 0 Å². The molecule has 0 aliphatic heterocycles. The van der Waals surface area contributed by atoms with Crippen LogP contribution in [0.15, 0.2) is 0 Å². The van der Waals surface area contributed by atoms with Crippen molar-refractivity contribution in [1.82, 2.24) is 10.2 Å². The van der Waals surface area contributed by atoms with Crippen LogP contribution in [0, 0.1) is 0 Å². The third-order valence-corrected chi connectivity index (χ3v) is 2.68. The van der Waals surface area contributed by atoms with Gasteiger partial charge < -0.3 is 15.0 Å². The van der Waals surface area contributed by atoms with Crippen LogP contribution in [0.25, 0.3) is 0 Å². The lowest BCUT2D eigenvalue weighted by atomic mass is 10.4. The van der Waals surface area contributed by atoms with Crippen molar-refractivity contribution in [2.24, 2.45) is 0 Å². The molecule has 0 radical (unpaired) electrons. The Morgan fingerprint density at radius 1 is 1.27 bits per heavy atom. The van der Waals surface area contributed by atoms with Gasteiger partial charge in [-0.3, -0.25) is 0 Å². The van der Waals surface area contributed by atoms with Gasteiger partial charge in [-0.2, -0.15) is 0 Å². The van der Waals surface area contributed by atoms with Crippen molar-refractivity contribution in [1.29, 1.82) is 0 Å². The van der Waals surface area contributed by atoms with Gasteiger partial charge in [-0.05, 0) is 32.7 Å². The largest absolute Gasteiger partial charge is 0.381 e. The van der Waals surface area contributed by atoms with Gasteiger partial charge in [0.25, 0.3) is 0 Å². The van der Waals surface area contributed by atoms with Gasteiger partial charge in [0.2, 0.25) is 0 Å². The van der Waals surface area contributed by atoms with Crippen LogP contribution < -0.4 is 5.32 Å². The molecular weight excluding hydrogens is 188 g/mol. The molecule has 3 nitrogen and oxygen atoms in total. The molecule has 90 valence electrons. The molecular formula is C12H26N2O. The van der Waals surface area contributed by atoms with Crippen molar-refractivity contribution < 1.29 is 4.74 Å². The van der Waals surface area contributed by atoms with Crippen LogP contribution in [0.3, 0.4) is 0 Å². The fourth-order valence-electron chi connectivity index (χ4n) is 1.54. The molecule has 1 saturated carbocycles. The molecule has 0 aromatic heterocycles. The molecule has 0 amide bonds. The molecule has 15 heavy (non-hydrogen) atoms. The summed E-state index contributed by atoms with van der Waals surface area (Å²) in [4.78, 5) is 2.38. The van der Waals surface area contributed by atoms with Gasteiger partial charge in [0.05, 0.1) is 0 Å². The predicted octanol–water partition coefficient (Wildman–Crippen LogP) is 1.49. The standard InChI is InChI=1S/C12H26N2O/c1-3-10-15-11-4-8-14(2)9-7-13-12-5-6-12/h12-13H,3-11H2,1-2H3. The lowest BCUT2D eigenvalue weighted by Gasteiger charge is -2.16. The summed E-state index contributed by atoms with van der Waals surface area (Å²) in [5.41, 5.74) is 0. The summed E-state index contributed by atoms with van der Waals surface area (Å²) in [5, 5.41) is 3.53. The molecule has 1 aliphatic carbocycles. The minimum Gasteiger partial charge on any atom is -0.381 e. The van der Waals surface area contributed by atoms with E-state index in [9.17, 15) is 0 Å². The Kier molecular flexibility index (Phi) is 6.98. The molecule has 1 N–H and O–H groups in total. The summed E-state index contributed by atoms with van der Waals surface area (Å²) in [6.07, 6.45) is 5.05. The number of hydrogen-bond acceptors (Lipinski definition) is 3. The second-order valence-electron chi connectivity index (χ2n) is 4.50. The fraction of sp³-hybridized carbons (Fsp3) is 1.00. The van der Waals surface area contributed by atoms with E-state index in [2.05, 4.69) is 24.2 Å². The van der Waals surface area contributed by atoms with Gasteiger partial charge in [0, 0.05) is 38.9 Å². The first-order valence-electron chi connectivity index (χ1n) is 6.32. The highest BCUT2D eigenvalue weighted by atomic mass is 16.5. The van der Waals surface area contributed by atoms with E-state index in [0.29, 0.717) is 0 Å². The number of hydrogen-bond donors (Lipinski definition) is 1. The van der Waals surface area contributed by atoms with Gasteiger partial charge >= 0.3 is 0 Å². The van der Waals surface area contributed by atoms with Crippen molar-refractivity contribution in [3.05, 3.63) is 0 Å². The molecule has 1 fully saturated rings. The zero-order valence-corrected chi connectivity index (χ0v) is 10.3. The molecule has 3 heteroatoms. The van der Waals surface area contributed by atoms with E-state index in [-0.39, 0.29) is 0 Å². The lowest BCUT2D eigenvalue weighted by Crippen LogP contribution is -2.31. The first-order valence-corrected chi connectivity index (χ1v) is 6.32. The van der Waals surface area contributed by atoms with Crippen molar-refractivity contribution in [3.8, 4) is 0 Å². The molecule has 0 heterocycles. The van der Waals surface area contributed by atoms with Gasteiger partial charge in [0.1, 0.15) is 0 Å². The van der Waals surface area contributed by atoms with Gasteiger partial charge in [0.15, 0.2) is 0 Å². The van der Waals surface area contributed by atoms with Crippen LogP contribution in [0.1, 0.15) is 32.6 Å². The number of ether oxygens (including phenoxy) is 1. The Morgan fingerprint density at radius 3 is 2.73 bits per heavy atom. The Bertz CT molecular complexity index is 149. The van der Waals surface area contributed by atoms with Gasteiger partial charge in [-0.1, -0.05) is 6.92 Å². The zero-order chi connectivity index (χ0) is 10.9. The number of nitrogens with one attached hydrogen (secondary N) is 1. The average molecular weight is 214 g/mol. The summed E-state index contributed by atoms with van der Waals surface area (Å²) < 4.78 is 5.44. The van der Waals surface area contributed by atoms with E-state index in [1.54, 1.807) is 0 Å². The summed E-state index contributed by atoms with van der Waals surface area (Å²) >= 11 is 0. The summed E-state index contributed by atoms with van der Waals surface area (Å²) in [6, 6.07) is 0.839. The van der Waals surface area contributed by atoms with Crippen LogP contribution in [0.5, 0.6) is 0 Å². The predicted molar refractivity (Wildman–Crippen MR) is 64.2 cm³/mol. The Morgan fingerprint density at radius 2 is 2.07 bits per heavy atom. The zero-order valence-electron chi connectivity index (χ0n) is 10.3. The first kappa shape index (κ1) is 12.9. The van der Waals surface area contributed by atoms with Crippen molar-refractivity contribution in [2.45, 2.75) is 38.6 Å². The molecule has 0 saturated heterocycles. The maximum Gasteiger partial charge on any atom is 0.0478 e. The van der Waals surface area contributed by atoms with Crippen LogP contribution in [0.4, 0.5) is 0 Å². The third kappa shape index (κ3) is 7.77. The SMILES string of the molecule is CCCOCCCN(C)CCNC1CC1. The lowest BCUT2D eigenvalue weighted by molar-refractivity contribution is 0.124. The summed E-state index contributed by atoms with van der Waals surface area (Å²) in [7, 11) is 2.19. The minimum atomic E-state index is 0.839. The van der Waals surface area contributed by atoms with E-state index in [1.807, 2.05) is 0 Å². The maximum absolute atomic E-state index is 5.44. The highest BCUT2D eigenvalue weighted by molar-refractivity contribution is 4.80. The second kappa shape index (κ2) is 8.08. The topological polar surface area (TPSA) is 24.5 Å². The average Bonchev–Trinajstić information content (AvgIpc) is 3.01. The Balaban J connectivity index is 1.77. The third-order valence-electron chi connectivity index (χ3n) is 2.68. The number of likely N-dealkylation sites (N-methyl/N-ethyl adjacent to an activating group) is 1. The minimum absolute atomic E-state index is 0.839. The van der Waals surface area contributed by atoms with Crippen LogP contribution in [-0.2, 0) is 4.74 Å².